The van der Waals surface area contributed by atoms with Gasteiger partial charge in [-0.15, -0.1) is 0 Å². The molecule has 6 nitrogen and oxygen atoms in total. The fourth-order valence-corrected chi connectivity index (χ4v) is 4.98. The second-order valence-electron chi connectivity index (χ2n) is 6.99. The molecule has 1 saturated carbocycles. The van der Waals surface area contributed by atoms with Gasteiger partial charge in [0, 0.05) is 18.7 Å². The van der Waals surface area contributed by atoms with Gasteiger partial charge in [-0.3, -0.25) is 0 Å². The first-order chi connectivity index (χ1) is 13.4. The Morgan fingerprint density at radius 1 is 0.964 bits per heavy atom. The third-order valence-electron chi connectivity index (χ3n) is 5.22. The summed E-state index contributed by atoms with van der Waals surface area (Å²) in [6.07, 6.45) is 2.11. The first-order valence-electron chi connectivity index (χ1n) is 9.27. The predicted molar refractivity (Wildman–Crippen MR) is 107 cm³/mol. The minimum absolute atomic E-state index is 0.0831. The van der Waals surface area contributed by atoms with Crippen molar-refractivity contribution in [3.8, 4) is 17.2 Å². The van der Waals surface area contributed by atoms with Crippen LogP contribution in [0.1, 0.15) is 25.3 Å². The molecule has 2 aromatic carbocycles. The van der Waals surface area contributed by atoms with E-state index in [4.69, 9.17) is 14.2 Å². The molecule has 2 aromatic rings. The molecule has 0 amide bonds. The molecule has 0 bridgehead atoms. The molecule has 0 heterocycles. The standard InChI is InChI=1S/C21H27NO5S/c1-15(17-7-8-17)22(14-16-5-9-18(25-2)10-6-16)28(23,24)19-11-12-20(26-3)21(13-19)27-4/h5-6,9-13,15,17H,7-8,14H2,1-4H3/t15-/m0/s1. The van der Waals surface area contributed by atoms with Crippen molar-refractivity contribution in [3.63, 3.8) is 0 Å². The summed E-state index contributed by atoms with van der Waals surface area (Å²) < 4.78 is 44.3. The summed E-state index contributed by atoms with van der Waals surface area (Å²) in [6.45, 7) is 2.29. The minimum Gasteiger partial charge on any atom is -0.497 e. The van der Waals surface area contributed by atoms with E-state index in [1.807, 2.05) is 31.2 Å². The monoisotopic (exact) mass is 405 g/mol. The van der Waals surface area contributed by atoms with Crippen LogP contribution in [0.25, 0.3) is 0 Å². The third kappa shape index (κ3) is 4.25. The highest BCUT2D eigenvalue weighted by atomic mass is 32.2. The molecule has 0 aliphatic heterocycles. The van der Waals surface area contributed by atoms with Crippen LogP contribution in [-0.4, -0.2) is 40.1 Å². The van der Waals surface area contributed by atoms with Crippen LogP contribution in [0.5, 0.6) is 17.2 Å². The fourth-order valence-electron chi connectivity index (χ4n) is 3.28. The maximum absolute atomic E-state index is 13.5. The molecule has 0 radical (unpaired) electrons. The van der Waals surface area contributed by atoms with E-state index in [0.717, 1.165) is 24.2 Å². The molecule has 7 heteroatoms. The highest BCUT2D eigenvalue weighted by Gasteiger charge is 2.38. The molecular formula is C21H27NO5S. The Balaban J connectivity index is 1.96. The van der Waals surface area contributed by atoms with Gasteiger partial charge < -0.3 is 14.2 Å². The number of ether oxygens (including phenoxy) is 3. The van der Waals surface area contributed by atoms with E-state index in [0.29, 0.717) is 24.0 Å². The van der Waals surface area contributed by atoms with Gasteiger partial charge in [0.05, 0.1) is 26.2 Å². The highest BCUT2D eigenvalue weighted by Crippen LogP contribution is 2.39. The lowest BCUT2D eigenvalue weighted by molar-refractivity contribution is 0.302. The zero-order valence-corrected chi connectivity index (χ0v) is 17.5. The van der Waals surface area contributed by atoms with Crippen molar-refractivity contribution in [1.29, 1.82) is 0 Å². The van der Waals surface area contributed by atoms with Crippen LogP contribution in [0.15, 0.2) is 47.4 Å². The average Bonchev–Trinajstić information content (AvgIpc) is 3.56. The van der Waals surface area contributed by atoms with Crippen molar-refractivity contribution in [1.82, 2.24) is 4.31 Å². The number of benzene rings is 2. The maximum atomic E-state index is 13.5. The predicted octanol–water partition coefficient (Wildman–Crippen LogP) is 3.70. The van der Waals surface area contributed by atoms with E-state index >= 15 is 0 Å². The summed E-state index contributed by atoms with van der Waals surface area (Å²) in [5.74, 6) is 2.03. The third-order valence-corrected chi connectivity index (χ3v) is 7.15. The van der Waals surface area contributed by atoms with E-state index in [-0.39, 0.29) is 10.9 Å². The number of rotatable bonds is 9. The van der Waals surface area contributed by atoms with Gasteiger partial charge in [0.1, 0.15) is 5.75 Å². The zero-order valence-electron chi connectivity index (χ0n) is 16.7. The minimum atomic E-state index is -3.71. The van der Waals surface area contributed by atoms with Crippen molar-refractivity contribution >= 4 is 10.0 Å². The molecule has 1 aliphatic rings. The Hall–Kier alpha value is -2.25. The van der Waals surface area contributed by atoms with Gasteiger partial charge in [-0.05, 0) is 55.5 Å². The summed E-state index contributed by atoms with van der Waals surface area (Å²) in [5.41, 5.74) is 0.914. The highest BCUT2D eigenvalue weighted by molar-refractivity contribution is 7.89. The van der Waals surface area contributed by atoms with Crippen molar-refractivity contribution in [2.24, 2.45) is 5.92 Å². The summed E-state index contributed by atoms with van der Waals surface area (Å²) >= 11 is 0. The Morgan fingerprint density at radius 2 is 1.61 bits per heavy atom. The second-order valence-corrected chi connectivity index (χ2v) is 8.88. The van der Waals surface area contributed by atoms with Gasteiger partial charge in [0.2, 0.25) is 10.0 Å². The smallest absolute Gasteiger partial charge is 0.243 e. The normalized spacial score (nSPS) is 15.3. The van der Waals surface area contributed by atoms with E-state index in [1.165, 1.54) is 20.3 Å². The molecule has 3 rings (SSSR count). The van der Waals surface area contributed by atoms with Gasteiger partial charge >= 0.3 is 0 Å². The fraction of sp³-hybridized carbons (Fsp3) is 0.429. The lowest BCUT2D eigenvalue weighted by Gasteiger charge is -2.29. The molecule has 0 aromatic heterocycles. The summed E-state index contributed by atoms with van der Waals surface area (Å²) in [6, 6.07) is 12.1. The summed E-state index contributed by atoms with van der Waals surface area (Å²) in [7, 11) is 0.920. The number of methoxy groups -OCH3 is 3. The first kappa shape index (κ1) is 20.5. The van der Waals surface area contributed by atoms with Crippen molar-refractivity contribution in [3.05, 3.63) is 48.0 Å². The van der Waals surface area contributed by atoms with E-state index in [2.05, 4.69) is 0 Å². The molecule has 1 aliphatic carbocycles. The second kappa shape index (κ2) is 8.41. The largest absolute Gasteiger partial charge is 0.497 e. The molecule has 0 spiro atoms. The first-order valence-corrected chi connectivity index (χ1v) is 10.7. The summed E-state index contributed by atoms with van der Waals surface area (Å²) in [5, 5.41) is 0. The van der Waals surface area contributed by atoms with Gasteiger partial charge in [-0.25, -0.2) is 8.42 Å². The number of sulfonamides is 1. The Morgan fingerprint density at radius 3 is 2.14 bits per heavy atom. The molecule has 0 unspecified atom stereocenters. The maximum Gasteiger partial charge on any atom is 0.243 e. The Labute approximate surface area is 167 Å². The van der Waals surface area contributed by atoms with Crippen molar-refractivity contribution in [2.75, 3.05) is 21.3 Å². The average molecular weight is 406 g/mol. The van der Waals surface area contributed by atoms with Crippen LogP contribution >= 0.6 is 0 Å². The molecule has 1 fully saturated rings. The molecule has 0 N–H and O–H groups in total. The van der Waals surface area contributed by atoms with Gasteiger partial charge in [-0.2, -0.15) is 4.31 Å². The van der Waals surface area contributed by atoms with Crippen LogP contribution in [0.3, 0.4) is 0 Å². The number of hydrogen-bond donors (Lipinski definition) is 0. The van der Waals surface area contributed by atoms with E-state index in [1.54, 1.807) is 23.5 Å². The van der Waals surface area contributed by atoms with E-state index < -0.39 is 10.0 Å². The number of hydrogen-bond acceptors (Lipinski definition) is 5. The van der Waals surface area contributed by atoms with E-state index in [9.17, 15) is 8.42 Å². The van der Waals surface area contributed by atoms with Crippen LogP contribution < -0.4 is 14.2 Å². The molecular weight excluding hydrogens is 378 g/mol. The lowest BCUT2D eigenvalue weighted by atomic mass is 10.1. The van der Waals surface area contributed by atoms with Gasteiger partial charge in [0.15, 0.2) is 11.5 Å². The van der Waals surface area contributed by atoms with Gasteiger partial charge in [-0.1, -0.05) is 12.1 Å². The van der Waals surface area contributed by atoms with Crippen molar-refractivity contribution in [2.45, 2.75) is 37.2 Å². The topological polar surface area (TPSA) is 65.1 Å². The Bertz CT molecular complexity index is 907. The van der Waals surface area contributed by atoms with Gasteiger partial charge in [0.25, 0.3) is 0 Å². The van der Waals surface area contributed by atoms with Crippen LogP contribution in [0.2, 0.25) is 0 Å². The SMILES string of the molecule is COc1ccc(CN([C@@H](C)C2CC2)S(=O)(=O)c2ccc(OC)c(OC)c2)cc1. The molecule has 152 valence electrons. The zero-order chi connectivity index (χ0) is 20.3. The van der Waals surface area contributed by atoms with Crippen LogP contribution in [0.4, 0.5) is 0 Å². The quantitative estimate of drug-likeness (QED) is 0.636. The molecule has 28 heavy (non-hydrogen) atoms. The van der Waals surface area contributed by atoms with Crippen LogP contribution in [0, 0.1) is 5.92 Å². The van der Waals surface area contributed by atoms with Crippen LogP contribution in [-0.2, 0) is 16.6 Å². The molecule has 0 saturated heterocycles. The molecule has 1 atom stereocenters. The lowest BCUT2D eigenvalue weighted by Crippen LogP contribution is -2.39. The number of nitrogens with zero attached hydrogens (tertiary/aromatic N) is 1. The Kier molecular flexibility index (Phi) is 6.15. The summed E-state index contributed by atoms with van der Waals surface area (Å²) in [4.78, 5) is 0.200. The van der Waals surface area contributed by atoms with Crippen molar-refractivity contribution < 1.29 is 22.6 Å².